The van der Waals surface area contributed by atoms with Crippen molar-refractivity contribution in [2.45, 2.75) is 13.0 Å². The van der Waals surface area contributed by atoms with Crippen molar-refractivity contribution in [1.29, 1.82) is 0 Å². The fourth-order valence-corrected chi connectivity index (χ4v) is 3.07. The average molecular weight is 264 g/mol. The Morgan fingerprint density at radius 2 is 1.90 bits per heavy atom. The summed E-state index contributed by atoms with van der Waals surface area (Å²) >= 11 is 0. The molecule has 0 aliphatic carbocycles. The van der Waals surface area contributed by atoms with Gasteiger partial charge >= 0.3 is 6.03 Å². The summed E-state index contributed by atoms with van der Waals surface area (Å²) in [6.07, 6.45) is 1.82. The molecule has 98 valence electrons. The summed E-state index contributed by atoms with van der Waals surface area (Å²) < 4.78 is 0. The first-order chi connectivity index (χ1) is 9.66. The number of hydrogen-bond donors (Lipinski definition) is 1. The topological polar surface area (TPSA) is 49.4 Å². The van der Waals surface area contributed by atoms with Crippen molar-refractivity contribution in [3.8, 4) is 0 Å². The second-order valence-corrected chi connectivity index (χ2v) is 5.12. The molecule has 2 aromatic rings. The van der Waals surface area contributed by atoms with Crippen molar-refractivity contribution in [2.24, 2.45) is 0 Å². The lowest BCUT2D eigenvalue weighted by Crippen LogP contribution is -2.31. The highest BCUT2D eigenvalue weighted by atomic mass is 16.2. The van der Waals surface area contributed by atoms with E-state index < -0.39 is 0 Å². The van der Waals surface area contributed by atoms with Gasteiger partial charge in [-0.3, -0.25) is 15.0 Å². The van der Waals surface area contributed by atoms with E-state index in [9.17, 15) is 9.59 Å². The molecule has 0 spiro atoms. The van der Waals surface area contributed by atoms with Crippen molar-refractivity contribution >= 4 is 28.8 Å². The van der Waals surface area contributed by atoms with E-state index in [4.69, 9.17) is 0 Å². The van der Waals surface area contributed by atoms with Crippen molar-refractivity contribution in [3.05, 3.63) is 53.2 Å². The molecule has 1 fully saturated rings. The van der Waals surface area contributed by atoms with Gasteiger partial charge in [0.15, 0.2) is 0 Å². The maximum Gasteiger partial charge on any atom is 0.329 e. The molecule has 2 aromatic carbocycles. The Morgan fingerprint density at radius 3 is 2.75 bits per heavy atom. The Balaban J connectivity index is 2.06. The summed E-state index contributed by atoms with van der Waals surface area (Å²) in [6.45, 7) is 1.94. The van der Waals surface area contributed by atoms with Gasteiger partial charge in [-0.2, -0.15) is 0 Å². The summed E-state index contributed by atoms with van der Waals surface area (Å²) in [5.74, 6) is -0.319. The average Bonchev–Trinajstić information content (AvgIpc) is 2.74. The van der Waals surface area contributed by atoms with Crippen LogP contribution in [0.15, 0.2) is 42.1 Å². The summed E-state index contributed by atoms with van der Waals surface area (Å²) in [4.78, 5) is 25.3. The van der Waals surface area contributed by atoms with Crippen LogP contribution in [0.5, 0.6) is 0 Å². The molecule has 0 saturated carbocycles. The second kappa shape index (κ2) is 3.70. The minimum atomic E-state index is -0.340. The maximum atomic E-state index is 11.9. The molecule has 2 aliphatic heterocycles. The molecule has 1 saturated heterocycles. The van der Waals surface area contributed by atoms with Crippen molar-refractivity contribution < 1.29 is 9.59 Å². The largest absolute Gasteiger partial charge is 0.329 e. The number of amides is 3. The van der Waals surface area contributed by atoms with Crippen molar-refractivity contribution in [1.82, 2.24) is 10.2 Å². The summed E-state index contributed by atoms with van der Waals surface area (Å²) in [5.41, 5.74) is 2.54. The zero-order chi connectivity index (χ0) is 13.9. The van der Waals surface area contributed by atoms with Crippen LogP contribution < -0.4 is 5.32 Å². The Labute approximate surface area is 115 Å². The Kier molecular flexibility index (Phi) is 2.07. The van der Waals surface area contributed by atoms with Crippen LogP contribution in [0.4, 0.5) is 4.79 Å². The molecule has 0 bridgehead atoms. The highest BCUT2D eigenvalue weighted by Gasteiger charge is 2.40. The monoisotopic (exact) mass is 264 g/mol. The lowest BCUT2D eigenvalue weighted by atomic mass is 9.91. The lowest BCUT2D eigenvalue weighted by molar-refractivity contribution is -0.116. The first-order valence-corrected chi connectivity index (χ1v) is 6.55. The van der Waals surface area contributed by atoms with Gasteiger partial charge in [0.25, 0.3) is 5.91 Å². The molecule has 4 rings (SSSR count). The molecule has 4 heteroatoms. The van der Waals surface area contributed by atoms with Crippen molar-refractivity contribution in [3.63, 3.8) is 0 Å². The standard InChI is InChI=1S/C16H12N2O2/c1-9-11-7-6-10-4-2-3-5-12(10)13(11)8-14-15(19)17-16(20)18(9)14/h2-9H,1H3,(H,17,19,20). The quantitative estimate of drug-likeness (QED) is 0.744. The lowest BCUT2D eigenvalue weighted by Gasteiger charge is -2.30. The third-order valence-electron chi connectivity index (χ3n) is 4.05. The van der Waals surface area contributed by atoms with Crippen LogP contribution in [0.2, 0.25) is 0 Å². The van der Waals surface area contributed by atoms with Gasteiger partial charge in [-0.05, 0) is 34.9 Å². The van der Waals surface area contributed by atoms with Crippen LogP contribution in [0.25, 0.3) is 16.8 Å². The van der Waals surface area contributed by atoms with E-state index >= 15 is 0 Å². The smallest absolute Gasteiger partial charge is 0.282 e. The van der Waals surface area contributed by atoms with Gasteiger partial charge in [-0.1, -0.05) is 36.4 Å². The van der Waals surface area contributed by atoms with Crippen LogP contribution in [-0.4, -0.2) is 16.8 Å². The van der Waals surface area contributed by atoms with Crippen LogP contribution in [0.1, 0.15) is 24.1 Å². The number of fused-ring (bicyclic) bond motifs is 4. The van der Waals surface area contributed by atoms with E-state index in [0.29, 0.717) is 5.70 Å². The number of carbonyl (C=O) groups is 2. The molecule has 0 aromatic heterocycles. The number of hydrogen-bond acceptors (Lipinski definition) is 2. The first kappa shape index (κ1) is 11.2. The number of rotatable bonds is 0. The number of urea groups is 1. The van der Waals surface area contributed by atoms with E-state index in [1.54, 1.807) is 0 Å². The SMILES string of the molecule is CC1c2ccc3ccccc3c2C=C2C(=O)NC(=O)N21. The highest BCUT2D eigenvalue weighted by molar-refractivity contribution is 6.15. The number of nitrogens with one attached hydrogen (secondary N) is 1. The zero-order valence-electron chi connectivity index (χ0n) is 10.9. The molecule has 2 aliphatic rings. The molecule has 1 N–H and O–H groups in total. The van der Waals surface area contributed by atoms with Gasteiger partial charge < -0.3 is 0 Å². The summed E-state index contributed by atoms with van der Waals surface area (Å²) in [5, 5.41) is 4.59. The Hall–Kier alpha value is -2.62. The number of carbonyl (C=O) groups excluding carboxylic acids is 2. The second-order valence-electron chi connectivity index (χ2n) is 5.12. The van der Waals surface area contributed by atoms with E-state index in [0.717, 1.165) is 21.9 Å². The van der Waals surface area contributed by atoms with Crippen LogP contribution in [-0.2, 0) is 4.79 Å². The molecule has 1 atom stereocenters. The maximum absolute atomic E-state index is 11.9. The third kappa shape index (κ3) is 1.30. The van der Waals surface area contributed by atoms with Crippen LogP contribution in [0, 0.1) is 0 Å². The molecular formula is C16H12N2O2. The molecule has 20 heavy (non-hydrogen) atoms. The number of benzene rings is 2. The van der Waals surface area contributed by atoms with Gasteiger partial charge in [0.2, 0.25) is 0 Å². The van der Waals surface area contributed by atoms with Crippen molar-refractivity contribution in [2.75, 3.05) is 0 Å². The summed E-state index contributed by atoms with van der Waals surface area (Å²) in [6, 6.07) is 11.7. The first-order valence-electron chi connectivity index (χ1n) is 6.55. The van der Waals surface area contributed by atoms with Crippen LogP contribution >= 0.6 is 0 Å². The van der Waals surface area contributed by atoms with E-state index in [1.165, 1.54) is 4.90 Å². The van der Waals surface area contributed by atoms with E-state index in [-0.39, 0.29) is 18.0 Å². The predicted molar refractivity (Wildman–Crippen MR) is 75.7 cm³/mol. The van der Waals surface area contributed by atoms with Crippen LogP contribution in [0.3, 0.4) is 0 Å². The van der Waals surface area contributed by atoms with Gasteiger partial charge in [-0.25, -0.2) is 4.79 Å². The minimum absolute atomic E-state index is 0.138. The highest BCUT2D eigenvalue weighted by Crippen LogP contribution is 2.39. The molecule has 1 unspecified atom stereocenters. The molecule has 2 heterocycles. The fraction of sp³-hybridized carbons (Fsp3) is 0.125. The number of imide groups is 1. The normalized spacial score (nSPS) is 20.6. The summed E-state index contributed by atoms with van der Waals surface area (Å²) in [7, 11) is 0. The predicted octanol–water partition coefficient (Wildman–Crippen LogP) is 2.81. The zero-order valence-corrected chi connectivity index (χ0v) is 10.9. The molecule has 4 nitrogen and oxygen atoms in total. The Morgan fingerprint density at radius 1 is 1.10 bits per heavy atom. The molecule has 3 amide bonds. The van der Waals surface area contributed by atoms with E-state index in [1.807, 2.05) is 43.3 Å². The fourth-order valence-electron chi connectivity index (χ4n) is 3.07. The minimum Gasteiger partial charge on any atom is -0.282 e. The third-order valence-corrected chi connectivity index (χ3v) is 4.05. The van der Waals surface area contributed by atoms with E-state index in [2.05, 4.69) is 11.4 Å². The molecule has 0 radical (unpaired) electrons. The van der Waals surface area contributed by atoms with Gasteiger partial charge in [0.05, 0.1) is 6.04 Å². The van der Waals surface area contributed by atoms with Gasteiger partial charge in [0.1, 0.15) is 5.70 Å². The van der Waals surface area contributed by atoms with Gasteiger partial charge in [0, 0.05) is 0 Å². The van der Waals surface area contributed by atoms with Gasteiger partial charge in [-0.15, -0.1) is 0 Å². The Bertz CT molecular complexity index is 807. The number of nitrogens with zero attached hydrogens (tertiary/aromatic N) is 1. The molecular weight excluding hydrogens is 252 g/mol.